The number of amides is 1. The van der Waals surface area contributed by atoms with Crippen LogP contribution in [0.2, 0.25) is 0 Å². The van der Waals surface area contributed by atoms with E-state index in [1.54, 1.807) is 17.4 Å². The average molecular weight is 469 g/mol. The quantitative estimate of drug-likeness (QED) is 0.223. The van der Waals surface area contributed by atoms with Gasteiger partial charge >= 0.3 is 5.97 Å². The van der Waals surface area contributed by atoms with E-state index in [0.717, 1.165) is 41.2 Å². The van der Waals surface area contributed by atoms with E-state index >= 15 is 0 Å². The maximum absolute atomic E-state index is 13.6. The third-order valence-corrected chi connectivity index (χ3v) is 7.85. The standard InChI is InChI=1S/C25H28N2O3S2/c1-2-18(10-8-16-30-25(29)21-13-9-17-31-21)22(24(28)27-14-6-3-7-15-27)23-26-19-11-4-5-12-20(19)32-23/h2,4-5,9,11-13,17-18,22H,1,3,6-8,10,14-16H2/t18-,22+/m1/s1. The summed E-state index contributed by atoms with van der Waals surface area (Å²) in [6, 6.07) is 11.6. The number of esters is 1. The van der Waals surface area contributed by atoms with Gasteiger partial charge in [-0.25, -0.2) is 9.78 Å². The number of rotatable bonds is 9. The summed E-state index contributed by atoms with van der Waals surface area (Å²) in [7, 11) is 0. The summed E-state index contributed by atoms with van der Waals surface area (Å²) in [5.74, 6) is -0.562. The Morgan fingerprint density at radius 1 is 1.16 bits per heavy atom. The molecule has 7 heteroatoms. The van der Waals surface area contributed by atoms with Crippen molar-refractivity contribution in [2.75, 3.05) is 19.7 Å². The van der Waals surface area contributed by atoms with Crippen molar-refractivity contribution in [3.05, 3.63) is 64.3 Å². The molecule has 2 atom stereocenters. The Balaban J connectivity index is 1.48. The minimum absolute atomic E-state index is 0.0644. The van der Waals surface area contributed by atoms with Gasteiger partial charge in [-0.1, -0.05) is 24.3 Å². The van der Waals surface area contributed by atoms with Crippen LogP contribution in [-0.2, 0) is 9.53 Å². The zero-order chi connectivity index (χ0) is 22.3. The van der Waals surface area contributed by atoms with Crippen LogP contribution in [0, 0.1) is 5.92 Å². The van der Waals surface area contributed by atoms with Crippen LogP contribution in [-0.4, -0.2) is 41.5 Å². The topological polar surface area (TPSA) is 59.5 Å². The number of hydrogen-bond donors (Lipinski definition) is 0. The van der Waals surface area contributed by atoms with Gasteiger partial charge in [0.25, 0.3) is 0 Å². The van der Waals surface area contributed by atoms with Gasteiger partial charge < -0.3 is 9.64 Å². The third-order valence-electron chi connectivity index (χ3n) is 5.88. The first-order valence-electron chi connectivity index (χ1n) is 11.1. The molecule has 1 aliphatic rings. The zero-order valence-corrected chi connectivity index (χ0v) is 19.7. The number of ether oxygens (including phenoxy) is 1. The molecule has 3 heterocycles. The summed E-state index contributed by atoms with van der Waals surface area (Å²) < 4.78 is 6.51. The van der Waals surface area contributed by atoms with Crippen molar-refractivity contribution in [2.45, 2.75) is 38.0 Å². The summed E-state index contributed by atoms with van der Waals surface area (Å²) in [4.78, 5) is 33.2. The van der Waals surface area contributed by atoms with Gasteiger partial charge in [0.1, 0.15) is 9.88 Å². The van der Waals surface area contributed by atoms with Gasteiger partial charge in [0, 0.05) is 13.1 Å². The molecule has 3 aromatic rings. The Labute approximate surface area is 196 Å². The van der Waals surface area contributed by atoms with Crippen LogP contribution in [0.25, 0.3) is 10.2 Å². The maximum atomic E-state index is 13.6. The molecule has 4 rings (SSSR count). The van der Waals surface area contributed by atoms with Gasteiger partial charge in [0.2, 0.25) is 5.91 Å². The van der Waals surface area contributed by atoms with E-state index in [1.165, 1.54) is 17.8 Å². The largest absolute Gasteiger partial charge is 0.462 e. The lowest BCUT2D eigenvalue weighted by molar-refractivity contribution is -0.134. The van der Waals surface area contributed by atoms with E-state index < -0.39 is 0 Å². The molecule has 2 aromatic heterocycles. The van der Waals surface area contributed by atoms with Crippen molar-refractivity contribution in [2.24, 2.45) is 5.92 Å². The highest BCUT2D eigenvalue weighted by Gasteiger charge is 2.34. The normalized spacial score (nSPS) is 15.9. The van der Waals surface area contributed by atoms with Gasteiger partial charge in [-0.15, -0.1) is 29.3 Å². The molecular formula is C25H28N2O3S2. The molecule has 0 radical (unpaired) electrons. The van der Waals surface area contributed by atoms with Gasteiger partial charge in [-0.05, 0) is 61.6 Å². The van der Waals surface area contributed by atoms with E-state index in [-0.39, 0.29) is 23.7 Å². The molecule has 168 valence electrons. The molecule has 32 heavy (non-hydrogen) atoms. The monoisotopic (exact) mass is 468 g/mol. The number of fused-ring (bicyclic) bond motifs is 1. The van der Waals surface area contributed by atoms with Crippen molar-refractivity contribution in [3.8, 4) is 0 Å². The maximum Gasteiger partial charge on any atom is 0.348 e. The van der Waals surface area contributed by atoms with Crippen molar-refractivity contribution < 1.29 is 14.3 Å². The molecule has 1 saturated heterocycles. The molecular weight excluding hydrogens is 440 g/mol. The number of allylic oxidation sites excluding steroid dienone is 1. The molecule has 0 saturated carbocycles. The third kappa shape index (κ3) is 5.27. The number of carbonyl (C=O) groups excluding carboxylic acids is 2. The molecule has 0 aliphatic carbocycles. The van der Waals surface area contributed by atoms with Crippen LogP contribution >= 0.6 is 22.7 Å². The van der Waals surface area contributed by atoms with Crippen LogP contribution in [0.5, 0.6) is 0 Å². The Morgan fingerprint density at radius 3 is 2.69 bits per heavy atom. The van der Waals surface area contributed by atoms with E-state index in [4.69, 9.17) is 9.72 Å². The SMILES string of the molecule is C=C[C@H](CCCOC(=O)c1cccs1)[C@H](C(=O)N1CCCCC1)c1nc2ccccc2s1. The number of para-hydroxylation sites is 1. The van der Waals surface area contributed by atoms with E-state index in [2.05, 4.69) is 6.58 Å². The minimum atomic E-state index is -0.351. The Hall–Kier alpha value is -2.51. The Bertz CT molecular complexity index is 1020. The highest BCUT2D eigenvalue weighted by Crippen LogP contribution is 2.36. The minimum Gasteiger partial charge on any atom is -0.462 e. The smallest absolute Gasteiger partial charge is 0.348 e. The fourth-order valence-electron chi connectivity index (χ4n) is 4.18. The number of likely N-dealkylation sites (tertiary alicyclic amines) is 1. The fourth-order valence-corrected chi connectivity index (χ4v) is 5.93. The molecule has 5 nitrogen and oxygen atoms in total. The summed E-state index contributed by atoms with van der Waals surface area (Å²) in [6.07, 6.45) is 6.53. The number of benzene rings is 1. The number of thiophene rings is 1. The number of thiazole rings is 1. The van der Waals surface area contributed by atoms with Gasteiger partial charge in [0.05, 0.1) is 22.7 Å². The number of hydrogen-bond acceptors (Lipinski definition) is 6. The summed E-state index contributed by atoms with van der Waals surface area (Å²) in [5.41, 5.74) is 0.927. The molecule has 0 bridgehead atoms. The first kappa shape index (κ1) is 22.7. The van der Waals surface area contributed by atoms with E-state index in [9.17, 15) is 9.59 Å². The van der Waals surface area contributed by atoms with Gasteiger partial charge in [-0.2, -0.15) is 0 Å². The van der Waals surface area contributed by atoms with Crippen LogP contribution in [0.3, 0.4) is 0 Å². The Morgan fingerprint density at radius 2 is 1.97 bits per heavy atom. The predicted molar refractivity (Wildman–Crippen MR) is 130 cm³/mol. The first-order valence-corrected chi connectivity index (χ1v) is 12.8. The average Bonchev–Trinajstić information content (AvgIpc) is 3.51. The van der Waals surface area contributed by atoms with Crippen molar-refractivity contribution in [3.63, 3.8) is 0 Å². The lowest BCUT2D eigenvalue weighted by Gasteiger charge is -2.32. The van der Waals surface area contributed by atoms with E-state index in [0.29, 0.717) is 24.3 Å². The lowest BCUT2D eigenvalue weighted by atomic mass is 9.87. The van der Waals surface area contributed by atoms with Crippen LogP contribution in [0.15, 0.2) is 54.4 Å². The highest BCUT2D eigenvalue weighted by atomic mass is 32.1. The van der Waals surface area contributed by atoms with Gasteiger partial charge in [-0.3, -0.25) is 4.79 Å². The van der Waals surface area contributed by atoms with Crippen molar-refractivity contribution in [1.82, 2.24) is 9.88 Å². The molecule has 1 aliphatic heterocycles. The van der Waals surface area contributed by atoms with Gasteiger partial charge in [0.15, 0.2) is 0 Å². The molecule has 1 amide bonds. The van der Waals surface area contributed by atoms with Crippen LogP contribution < -0.4 is 0 Å². The van der Waals surface area contributed by atoms with Crippen molar-refractivity contribution in [1.29, 1.82) is 0 Å². The lowest BCUT2D eigenvalue weighted by Crippen LogP contribution is -2.40. The number of aromatic nitrogens is 1. The van der Waals surface area contributed by atoms with Crippen molar-refractivity contribution >= 4 is 44.8 Å². The molecule has 1 fully saturated rings. The Kier molecular flexibility index (Phi) is 7.71. The zero-order valence-electron chi connectivity index (χ0n) is 18.1. The number of piperidine rings is 1. The fraction of sp³-hybridized carbons (Fsp3) is 0.400. The second-order valence-corrected chi connectivity index (χ2v) is 10.0. The summed E-state index contributed by atoms with van der Waals surface area (Å²) in [5, 5.41) is 2.71. The predicted octanol–water partition coefficient (Wildman–Crippen LogP) is 5.89. The highest BCUT2D eigenvalue weighted by molar-refractivity contribution is 7.18. The molecule has 0 spiro atoms. The molecule has 0 N–H and O–H groups in total. The summed E-state index contributed by atoms with van der Waals surface area (Å²) >= 11 is 2.97. The second-order valence-electron chi connectivity index (χ2n) is 8.04. The van der Waals surface area contributed by atoms with Crippen LogP contribution in [0.4, 0.5) is 0 Å². The number of carbonyl (C=O) groups is 2. The second kappa shape index (κ2) is 10.9. The van der Waals surface area contributed by atoms with E-state index in [1.807, 2.05) is 46.7 Å². The first-order chi connectivity index (χ1) is 15.7. The van der Waals surface area contributed by atoms with Crippen LogP contribution in [0.1, 0.15) is 52.7 Å². The molecule has 1 aromatic carbocycles. The number of nitrogens with zero attached hydrogens (tertiary/aromatic N) is 2. The molecule has 0 unspecified atom stereocenters. The summed E-state index contributed by atoms with van der Waals surface area (Å²) in [6.45, 7) is 5.98.